The van der Waals surface area contributed by atoms with Crippen LogP contribution in [0.25, 0.3) is 0 Å². The summed E-state index contributed by atoms with van der Waals surface area (Å²) in [5.74, 6) is 0. The molecule has 0 spiro atoms. The lowest BCUT2D eigenvalue weighted by Crippen LogP contribution is -2.28. The van der Waals surface area contributed by atoms with Crippen LogP contribution in [0.3, 0.4) is 0 Å². The summed E-state index contributed by atoms with van der Waals surface area (Å²) in [7, 11) is 2.08. The molecule has 2 heterocycles. The zero-order valence-electron chi connectivity index (χ0n) is 13.0. The minimum absolute atomic E-state index is 0.130. The van der Waals surface area contributed by atoms with Gasteiger partial charge in [-0.15, -0.1) is 11.3 Å². The molecule has 0 saturated heterocycles. The Morgan fingerprint density at radius 2 is 2.19 bits per heavy atom. The lowest BCUT2D eigenvalue weighted by atomic mass is 9.77. The normalized spacial score (nSPS) is 20.3. The van der Waals surface area contributed by atoms with Gasteiger partial charge in [0.05, 0.1) is 22.9 Å². The highest BCUT2D eigenvalue weighted by molar-refractivity contribution is 7.15. The van der Waals surface area contributed by atoms with Crippen molar-refractivity contribution in [3.8, 4) is 0 Å². The van der Waals surface area contributed by atoms with Crippen LogP contribution in [0.5, 0.6) is 0 Å². The summed E-state index contributed by atoms with van der Waals surface area (Å²) in [5.41, 5.74) is 8.89. The quantitative estimate of drug-likeness (QED) is 0.939. The van der Waals surface area contributed by atoms with Crippen LogP contribution < -0.4 is 10.6 Å². The van der Waals surface area contributed by atoms with Gasteiger partial charge in [-0.05, 0) is 25.2 Å². The second-order valence-corrected chi connectivity index (χ2v) is 8.74. The molecule has 6 heteroatoms. The first-order chi connectivity index (χ1) is 9.84. The van der Waals surface area contributed by atoms with E-state index in [2.05, 4.69) is 36.2 Å². The fraction of sp³-hybridized carbons (Fsp3) is 0.600. The molecule has 21 heavy (non-hydrogen) atoms. The number of rotatable bonds is 3. The summed E-state index contributed by atoms with van der Waals surface area (Å²) in [6, 6.07) is 0.130. The van der Waals surface area contributed by atoms with Crippen LogP contribution in [0, 0.1) is 12.3 Å². The van der Waals surface area contributed by atoms with Crippen LogP contribution in [0.4, 0.5) is 5.13 Å². The predicted molar refractivity (Wildman–Crippen MR) is 90.1 cm³/mol. The Balaban J connectivity index is 1.81. The fourth-order valence-electron chi connectivity index (χ4n) is 2.94. The van der Waals surface area contributed by atoms with E-state index in [0.717, 1.165) is 35.2 Å². The molecule has 1 atom stereocenters. The van der Waals surface area contributed by atoms with Crippen molar-refractivity contribution in [2.24, 2.45) is 11.1 Å². The maximum atomic E-state index is 6.33. The predicted octanol–water partition coefficient (Wildman–Crippen LogP) is 3.52. The van der Waals surface area contributed by atoms with Gasteiger partial charge >= 0.3 is 0 Å². The number of anilines is 1. The lowest BCUT2D eigenvalue weighted by molar-refractivity contribution is 0.282. The highest BCUT2D eigenvalue weighted by atomic mass is 32.1. The van der Waals surface area contributed by atoms with Crippen LogP contribution in [-0.4, -0.2) is 17.0 Å². The number of nitrogens with two attached hydrogens (primary N) is 1. The average molecular weight is 323 g/mol. The molecule has 2 aromatic rings. The summed E-state index contributed by atoms with van der Waals surface area (Å²) >= 11 is 3.44. The van der Waals surface area contributed by atoms with Gasteiger partial charge in [0.15, 0.2) is 5.13 Å². The molecule has 0 radical (unpaired) electrons. The molecule has 0 saturated carbocycles. The topological polar surface area (TPSA) is 55.0 Å². The van der Waals surface area contributed by atoms with E-state index in [9.17, 15) is 0 Å². The molecular weight excluding hydrogens is 300 g/mol. The van der Waals surface area contributed by atoms with E-state index in [0.29, 0.717) is 0 Å². The van der Waals surface area contributed by atoms with Gasteiger partial charge in [0.25, 0.3) is 0 Å². The molecule has 0 fully saturated rings. The summed E-state index contributed by atoms with van der Waals surface area (Å²) in [5, 5.41) is 4.29. The second-order valence-electron chi connectivity index (χ2n) is 6.67. The number of aromatic nitrogens is 2. The molecule has 114 valence electrons. The third kappa shape index (κ3) is 3.12. The summed E-state index contributed by atoms with van der Waals surface area (Å²) in [6.45, 7) is 7.39. The molecule has 1 aliphatic rings. The summed E-state index contributed by atoms with van der Waals surface area (Å²) < 4.78 is 0. The van der Waals surface area contributed by atoms with E-state index >= 15 is 0 Å². The van der Waals surface area contributed by atoms with E-state index in [1.54, 1.807) is 22.7 Å². The van der Waals surface area contributed by atoms with E-state index in [1.165, 1.54) is 10.6 Å². The van der Waals surface area contributed by atoms with Crippen LogP contribution >= 0.6 is 22.7 Å². The lowest BCUT2D eigenvalue weighted by Gasteiger charge is -2.32. The first-order valence-electron chi connectivity index (χ1n) is 7.21. The SMILES string of the molecule is Cc1nc(CN(C)c2nc3c(s2)C(N)CC(C)(C)C3)cs1. The Bertz CT molecular complexity index is 644. The highest BCUT2D eigenvalue weighted by Gasteiger charge is 2.33. The summed E-state index contributed by atoms with van der Waals surface area (Å²) in [4.78, 5) is 12.8. The monoisotopic (exact) mass is 322 g/mol. The van der Waals surface area contributed by atoms with Crippen molar-refractivity contribution >= 4 is 27.8 Å². The van der Waals surface area contributed by atoms with Crippen molar-refractivity contribution in [3.63, 3.8) is 0 Å². The molecule has 2 N–H and O–H groups in total. The number of thiazole rings is 2. The van der Waals surface area contributed by atoms with Gasteiger partial charge in [0.2, 0.25) is 0 Å². The molecule has 1 unspecified atom stereocenters. The van der Waals surface area contributed by atoms with Gasteiger partial charge in [0, 0.05) is 23.3 Å². The largest absolute Gasteiger partial charge is 0.345 e. The molecule has 1 aliphatic carbocycles. The van der Waals surface area contributed by atoms with Crippen molar-refractivity contribution in [2.75, 3.05) is 11.9 Å². The molecule has 2 aromatic heterocycles. The third-order valence-corrected chi connectivity index (χ3v) is 6.03. The molecule has 4 nitrogen and oxygen atoms in total. The molecule has 0 aliphatic heterocycles. The molecule has 0 amide bonds. The number of nitrogens with zero attached hydrogens (tertiary/aromatic N) is 3. The Morgan fingerprint density at radius 1 is 1.43 bits per heavy atom. The van der Waals surface area contributed by atoms with Crippen molar-refractivity contribution in [1.29, 1.82) is 0 Å². The standard InChI is InChI=1S/C15H22N4S2/c1-9-17-10(8-20-9)7-19(4)14-18-12-6-15(2,3)5-11(16)13(12)21-14/h8,11H,5-7,16H2,1-4H3. The zero-order chi connectivity index (χ0) is 15.2. The fourth-order valence-corrected chi connectivity index (χ4v) is 4.58. The maximum Gasteiger partial charge on any atom is 0.185 e. The van der Waals surface area contributed by atoms with Gasteiger partial charge < -0.3 is 10.6 Å². The zero-order valence-corrected chi connectivity index (χ0v) is 14.6. The van der Waals surface area contributed by atoms with Gasteiger partial charge in [-0.3, -0.25) is 0 Å². The number of hydrogen-bond acceptors (Lipinski definition) is 6. The molecular formula is C15H22N4S2. The third-order valence-electron chi connectivity index (χ3n) is 3.86. The van der Waals surface area contributed by atoms with Crippen LogP contribution in [0.2, 0.25) is 0 Å². The minimum Gasteiger partial charge on any atom is -0.345 e. The van der Waals surface area contributed by atoms with Crippen molar-refractivity contribution in [2.45, 2.75) is 46.2 Å². The van der Waals surface area contributed by atoms with Crippen LogP contribution in [0.1, 0.15) is 47.6 Å². The molecule has 0 aromatic carbocycles. The van der Waals surface area contributed by atoms with E-state index in [-0.39, 0.29) is 11.5 Å². The van der Waals surface area contributed by atoms with Gasteiger partial charge in [-0.25, -0.2) is 9.97 Å². The maximum absolute atomic E-state index is 6.33. The van der Waals surface area contributed by atoms with Crippen molar-refractivity contribution < 1.29 is 0 Å². The smallest absolute Gasteiger partial charge is 0.185 e. The Kier molecular flexibility index (Phi) is 3.80. The first-order valence-corrected chi connectivity index (χ1v) is 8.91. The van der Waals surface area contributed by atoms with Gasteiger partial charge in [-0.1, -0.05) is 25.2 Å². The van der Waals surface area contributed by atoms with Crippen LogP contribution in [0.15, 0.2) is 5.38 Å². The van der Waals surface area contributed by atoms with Crippen LogP contribution in [-0.2, 0) is 13.0 Å². The Morgan fingerprint density at radius 3 is 2.86 bits per heavy atom. The molecule has 3 rings (SSSR count). The summed E-state index contributed by atoms with van der Waals surface area (Å²) in [6.07, 6.45) is 2.06. The van der Waals surface area contributed by atoms with E-state index in [1.807, 2.05) is 6.92 Å². The van der Waals surface area contributed by atoms with Gasteiger partial charge in [0.1, 0.15) is 0 Å². The number of aryl methyl sites for hydroxylation is 1. The molecule has 0 bridgehead atoms. The highest BCUT2D eigenvalue weighted by Crippen LogP contribution is 2.43. The average Bonchev–Trinajstić information content (AvgIpc) is 2.94. The van der Waals surface area contributed by atoms with Gasteiger partial charge in [-0.2, -0.15) is 0 Å². The Labute approximate surface area is 134 Å². The Hall–Kier alpha value is -0.980. The second kappa shape index (κ2) is 5.34. The van der Waals surface area contributed by atoms with Crippen molar-refractivity contribution in [1.82, 2.24) is 9.97 Å². The number of fused-ring (bicyclic) bond motifs is 1. The number of hydrogen-bond donors (Lipinski definition) is 1. The first kappa shape index (κ1) is 14.9. The minimum atomic E-state index is 0.130. The van der Waals surface area contributed by atoms with E-state index < -0.39 is 0 Å². The van der Waals surface area contributed by atoms with E-state index in [4.69, 9.17) is 10.7 Å². The van der Waals surface area contributed by atoms with Crippen molar-refractivity contribution in [3.05, 3.63) is 26.7 Å².